The van der Waals surface area contributed by atoms with Crippen LogP contribution in [0, 0.1) is 12.7 Å². The minimum atomic E-state index is -0.514. The molecule has 3 N–H and O–H groups in total. The van der Waals surface area contributed by atoms with E-state index in [1.807, 2.05) is 0 Å². The van der Waals surface area contributed by atoms with Crippen LogP contribution >= 0.6 is 11.6 Å². The molecule has 0 saturated carbocycles. The molecule has 0 fully saturated rings. The monoisotopic (exact) mass is 463 g/mol. The number of carbonyl (C=O) groups excluding carboxylic acids is 3. The number of methoxy groups -OCH3 is 1. The summed E-state index contributed by atoms with van der Waals surface area (Å²) in [6.07, 6.45) is 3.13. The number of hydrogen-bond acceptors (Lipinski definition) is 7. The number of nitrogens with zero attached hydrogens (tertiary/aromatic N) is 3. The Labute approximate surface area is 188 Å². The molecule has 2 aromatic heterocycles. The average molecular weight is 464 g/mol. The molecule has 3 aromatic rings. The number of aromatic nitrogens is 3. The average Bonchev–Trinajstić information content (AvgIpc) is 3.06. The van der Waals surface area contributed by atoms with Crippen molar-refractivity contribution in [1.29, 1.82) is 0 Å². The highest BCUT2D eigenvalue weighted by molar-refractivity contribution is 6.63. The summed E-state index contributed by atoms with van der Waals surface area (Å²) < 4.78 is 19.2. The minimum absolute atomic E-state index is 0.0498. The number of nitrogens with two attached hydrogens (primary N) is 1. The van der Waals surface area contributed by atoms with Gasteiger partial charge in [0, 0.05) is 26.2 Å². The highest BCUT2D eigenvalue weighted by atomic mass is 35.5. The van der Waals surface area contributed by atoms with Gasteiger partial charge in [0.15, 0.2) is 5.69 Å². The van der Waals surface area contributed by atoms with Gasteiger partial charge in [-0.05, 0) is 35.7 Å². The van der Waals surface area contributed by atoms with Crippen LogP contribution in [0.15, 0.2) is 30.7 Å². The molecule has 0 saturated heterocycles. The Morgan fingerprint density at radius 1 is 1.25 bits per heavy atom. The van der Waals surface area contributed by atoms with Crippen LogP contribution in [0.25, 0.3) is 11.0 Å². The maximum Gasteiger partial charge on any atom is 0.305 e. The van der Waals surface area contributed by atoms with Gasteiger partial charge < -0.3 is 20.4 Å². The van der Waals surface area contributed by atoms with Crippen molar-refractivity contribution in [3.8, 4) is 0 Å². The summed E-state index contributed by atoms with van der Waals surface area (Å²) in [5.74, 6) is -1.01. The highest BCUT2D eigenvalue weighted by Gasteiger charge is 2.17. The van der Waals surface area contributed by atoms with Crippen molar-refractivity contribution in [2.75, 3.05) is 12.8 Å². The van der Waals surface area contributed by atoms with E-state index < -0.39 is 11.2 Å². The molecular formula is C21H23ClFN5O4. The summed E-state index contributed by atoms with van der Waals surface area (Å²) in [5.41, 5.74) is 9.09. The molecule has 3 rings (SSSR count). The van der Waals surface area contributed by atoms with Gasteiger partial charge in [0.2, 0.25) is 5.24 Å². The highest BCUT2D eigenvalue weighted by Crippen LogP contribution is 2.22. The molecule has 1 amide bonds. The Morgan fingerprint density at radius 2 is 1.97 bits per heavy atom. The molecule has 0 radical (unpaired) electrons. The fourth-order valence-electron chi connectivity index (χ4n) is 2.81. The zero-order chi connectivity index (χ0) is 23.8. The summed E-state index contributed by atoms with van der Waals surface area (Å²) >= 11 is 4.93. The van der Waals surface area contributed by atoms with Gasteiger partial charge in [0.1, 0.15) is 23.2 Å². The normalized spacial score (nSPS) is 10.3. The maximum atomic E-state index is 13.3. The van der Waals surface area contributed by atoms with Crippen LogP contribution in [0.1, 0.15) is 34.5 Å². The van der Waals surface area contributed by atoms with Gasteiger partial charge in [0.25, 0.3) is 5.91 Å². The zero-order valence-corrected chi connectivity index (χ0v) is 18.6. The molecular weight excluding hydrogens is 441 g/mol. The van der Waals surface area contributed by atoms with E-state index in [2.05, 4.69) is 20.0 Å². The third-order valence-corrected chi connectivity index (χ3v) is 4.61. The maximum absolute atomic E-state index is 13.3. The topological polar surface area (TPSA) is 129 Å². The lowest BCUT2D eigenvalue weighted by Crippen LogP contribution is -2.24. The quantitative estimate of drug-likeness (QED) is 0.424. The molecule has 0 aliphatic heterocycles. The van der Waals surface area contributed by atoms with E-state index in [-0.39, 0.29) is 36.8 Å². The van der Waals surface area contributed by atoms with Crippen molar-refractivity contribution in [3.63, 3.8) is 0 Å². The molecule has 0 atom stereocenters. The van der Waals surface area contributed by atoms with E-state index in [0.29, 0.717) is 22.3 Å². The van der Waals surface area contributed by atoms with Crippen LogP contribution < -0.4 is 11.1 Å². The summed E-state index contributed by atoms with van der Waals surface area (Å²) in [6.45, 7) is 1.96. The van der Waals surface area contributed by atoms with Gasteiger partial charge in [-0.25, -0.2) is 14.4 Å². The molecule has 1 aromatic carbocycles. The Bertz CT molecular complexity index is 1150. The van der Waals surface area contributed by atoms with E-state index in [9.17, 15) is 18.8 Å². The third kappa shape index (κ3) is 6.48. The Balaban J connectivity index is 0.000000344. The fourth-order valence-corrected chi connectivity index (χ4v) is 2.90. The van der Waals surface area contributed by atoms with Gasteiger partial charge in [-0.2, -0.15) is 0 Å². The number of anilines is 1. The van der Waals surface area contributed by atoms with E-state index >= 15 is 0 Å². The van der Waals surface area contributed by atoms with Crippen molar-refractivity contribution >= 4 is 45.4 Å². The van der Waals surface area contributed by atoms with Crippen molar-refractivity contribution in [2.24, 2.45) is 7.05 Å². The number of amides is 1. The molecule has 0 spiro atoms. The summed E-state index contributed by atoms with van der Waals surface area (Å²) in [6, 6.07) is 4.72. The second-order valence-corrected chi connectivity index (χ2v) is 7.23. The van der Waals surface area contributed by atoms with Crippen LogP contribution in [-0.4, -0.2) is 38.8 Å². The first-order valence-electron chi connectivity index (χ1n) is 9.47. The Kier molecular flexibility index (Phi) is 8.65. The number of halogens is 2. The van der Waals surface area contributed by atoms with Crippen LogP contribution in [0.5, 0.6) is 0 Å². The number of benzene rings is 1. The number of hydrogen-bond donors (Lipinski definition) is 2. The number of nitrogens with one attached hydrogen (secondary N) is 1. The SMILES string of the molecule is COC(=O)CCC(=O)Cl.Cc1cc(CNC(=O)c2ncnc3c(N)cn(C)c23)ccc1F. The number of ether oxygens (including phenoxy) is 1. The van der Waals surface area contributed by atoms with Crippen LogP contribution in [-0.2, 0) is 27.9 Å². The van der Waals surface area contributed by atoms with Crippen LogP contribution in [0.2, 0.25) is 0 Å². The molecule has 11 heteroatoms. The Hall–Kier alpha value is -3.53. The van der Waals surface area contributed by atoms with Gasteiger partial charge >= 0.3 is 5.97 Å². The molecule has 0 bridgehead atoms. The molecule has 0 aliphatic carbocycles. The standard InChI is InChI=1S/C16H16FN5O.C5H7ClO3/c1-9-5-10(3-4-11(9)17)6-19-16(23)14-15-13(20-8-21-14)12(18)7-22(15)2;1-9-5(8)3-2-4(6)7/h3-5,7-8H,6,18H2,1-2H3,(H,19,23);2-3H2,1H3. The first-order valence-corrected chi connectivity index (χ1v) is 9.85. The minimum Gasteiger partial charge on any atom is -0.469 e. The summed E-state index contributed by atoms with van der Waals surface area (Å²) in [5, 5.41) is 2.27. The lowest BCUT2D eigenvalue weighted by atomic mass is 10.1. The smallest absolute Gasteiger partial charge is 0.305 e. The molecule has 9 nitrogen and oxygen atoms in total. The fraction of sp³-hybridized carbons (Fsp3) is 0.286. The number of nitrogen functional groups attached to an aromatic ring is 1. The lowest BCUT2D eigenvalue weighted by Gasteiger charge is -2.08. The van der Waals surface area contributed by atoms with Crippen LogP contribution in [0.4, 0.5) is 10.1 Å². The molecule has 170 valence electrons. The van der Waals surface area contributed by atoms with E-state index in [1.54, 1.807) is 36.9 Å². The number of carbonyl (C=O) groups is 3. The van der Waals surface area contributed by atoms with Crippen molar-refractivity contribution in [3.05, 3.63) is 53.4 Å². The molecule has 2 heterocycles. The van der Waals surface area contributed by atoms with Crippen LogP contribution in [0.3, 0.4) is 0 Å². The molecule has 0 aliphatic rings. The van der Waals surface area contributed by atoms with Crippen molar-refractivity contribution in [2.45, 2.75) is 26.3 Å². The predicted molar refractivity (Wildman–Crippen MR) is 117 cm³/mol. The van der Waals surface area contributed by atoms with Gasteiger partial charge in [-0.3, -0.25) is 14.4 Å². The molecule has 0 unspecified atom stereocenters. The largest absolute Gasteiger partial charge is 0.469 e. The van der Waals surface area contributed by atoms with E-state index in [0.717, 1.165) is 5.56 Å². The van der Waals surface area contributed by atoms with Gasteiger partial charge in [-0.15, -0.1) is 0 Å². The number of esters is 1. The van der Waals surface area contributed by atoms with E-state index in [4.69, 9.17) is 17.3 Å². The Morgan fingerprint density at radius 3 is 2.59 bits per heavy atom. The number of aryl methyl sites for hydroxylation is 2. The predicted octanol–water partition coefficient (Wildman–Crippen LogP) is 2.63. The number of rotatable bonds is 6. The van der Waals surface area contributed by atoms with Gasteiger partial charge in [0.05, 0.1) is 19.2 Å². The first-order chi connectivity index (χ1) is 15.1. The lowest BCUT2D eigenvalue weighted by molar-refractivity contribution is -0.141. The van der Waals surface area contributed by atoms with Crippen molar-refractivity contribution < 1.29 is 23.5 Å². The first kappa shape index (κ1) is 24.7. The third-order valence-electron chi connectivity index (χ3n) is 4.43. The number of fused-ring (bicyclic) bond motifs is 1. The van der Waals surface area contributed by atoms with Crippen molar-refractivity contribution in [1.82, 2.24) is 19.9 Å². The molecule has 32 heavy (non-hydrogen) atoms. The summed E-state index contributed by atoms with van der Waals surface area (Å²) in [7, 11) is 3.04. The van der Waals surface area contributed by atoms with Gasteiger partial charge in [-0.1, -0.05) is 12.1 Å². The second-order valence-electron chi connectivity index (χ2n) is 6.81. The van der Waals surface area contributed by atoms with E-state index in [1.165, 1.54) is 19.5 Å². The zero-order valence-electron chi connectivity index (χ0n) is 17.8. The summed E-state index contributed by atoms with van der Waals surface area (Å²) in [4.78, 5) is 40.9. The second kappa shape index (κ2) is 11.2.